The van der Waals surface area contributed by atoms with Gasteiger partial charge >= 0.3 is 0 Å². The second-order valence-electron chi connectivity index (χ2n) is 3.90. The van der Waals surface area contributed by atoms with Gasteiger partial charge in [0.15, 0.2) is 0 Å². The van der Waals surface area contributed by atoms with E-state index in [2.05, 4.69) is 27.5 Å². The molecule has 2 N–H and O–H groups in total. The molecule has 1 atom stereocenters. The summed E-state index contributed by atoms with van der Waals surface area (Å²) in [5.41, 5.74) is 0. The molecule has 2 heterocycles. The molecule has 5 heteroatoms. The topological polar surface area (TPSA) is 59.1 Å². The molecule has 1 aromatic heterocycles. The van der Waals surface area contributed by atoms with Gasteiger partial charge in [0.1, 0.15) is 18.2 Å². The van der Waals surface area contributed by atoms with Crippen LogP contribution in [0.1, 0.15) is 19.8 Å². The molecule has 0 bridgehead atoms. The fourth-order valence-electron chi connectivity index (χ4n) is 1.65. The number of aromatic nitrogens is 2. The molecule has 0 spiro atoms. The summed E-state index contributed by atoms with van der Waals surface area (Å²) in [5, 5.41) is 6.47. The van der Waals surface area contributed by atoms with Gasteiger partial charge in [0, 0.05) is 19.2 Å². The zero-order valence-electron chi connectivity index (χ0n) is 9.57. The first-order valence-electron chi connectivity index (χ1n) is 5.82. The molecule has 1 fully saturated rings. The van der Waals surface area contributed by atoms with Gasteiger partial charge in [0.2, 0.25) is 5.88 Å². The van der Waals surface area contributed by atoms with Crippen molar-refractivity contribution < 1.29 is 4.74 Å². The van der Waals surface area contributed by atoms with Crippen molar-refractivity contribution in [1.82, 2.24) is 15.3 Å². The Morgan fingerprint density at radius 1 is 1.56 bits per heavy atom. The maximum absolute atomic E-state index is 5.74. The van der Waals surface area contributed by atoms with Crippen molar-refractivity contribution in [2.24, 2.45) is 0 Å². The Morgan fingerprint density at radius 3 is 3.25 bits per heavy atom. The summed E-state index contributed by atoms with van der Waals surface area (Å²) in [6.45, 7) is 4.97. The highest BCUT2D eigenvalue weighted by Gasteiger charge is 2.16. The van der Waals surface area contributed by atoms with Crippen molar-refractivity contribution in [3.05, 3.63) is 12.4 Å². The fraction of sp³-hybridized carbons (Fsp3) is 0.636. The summed E-state index contributed by atoms with van der Waals surface area (Å²) in [7, 11) is 0. The Bertz CT molecular complexity index is 326. The molecule has 0 radical (unpaired) electrons. The minimum atomic E-state index is 0.244. The van der Waals surface area contributed by atoms with Gasteiger partial charge in [-0.15, -0.1) is 0 Å². The van der Waals surface area contributed by atoms with Gasteiger partial charge in [-0.1, -0.05) is 6.92 Å². The van der Waals surface area contributed by atoms with Crippen molar-refractivity contribution in [3.8, 4) is 5.88 Å². The molecule has 0 amide bonds. The quantitative estimate of drug-likeness (QED) is 0.779. The van der Waals surface area contributed by atoms with Gasteiger partial charge in [0.25, 0.3) is 0 Å². The number of nitrogens with zero attached hydrogens (tertiary/aromatic N) is 2. The fourth-order valence-corrected chi connectivity index (χ4v) is 1.65. The van der Waals surface area contributed by atoms with Crippen molar-refractivity contribution >= 4 is 5.82 Å². The SMILES string of the molecule is CCCNc1cc(OC2CCNC2)ncn1. The predicted octanol–water partition coefficient (Wildman–Crippen LogP) is 1.04. The van der Waals surface area contributed by atoms with Gasteiger partial charge in [-0.05, 0) is 19.4 Å². The molecule has 1 unspecified atom stereocenters. The Labute approximate surface area is 95.6 Å². The summed E-state index contributed by atoms with van der Waals surface area (Å²) in [6, 6.07) is 1.86. The standard InChI is InChI=1S/C11H18N4O/c1-2-4-13-10-6-11(15-8-14-10)16-9-3-5-12-7-9/h6,8-9,12H,2-5,7H2,1H3,(H,13,14,15). The number of nitrogens with one attached hydrogen (secondary N) is 2. The summed E-state index contributed by atoms with van der Waals surface area (Å²) >= 11 is 0. The highest BCUT2D eigenvalue weighted by molar-refractivity contribution is 5.36. The zero-order valence-corrected chi connectivity index (χ0v) is 9.57. The van der Waals surface area contributed by atoms with E-state index in [4.69, 9.17) is 4.74 Å². The smallest absolute Gasteiger partial charge is 0.218 e. The van der Waals surface area contributed by atoms with Crippen molar-refractivity contribution in [2.75, 3.05) is 25.0 Å². The molecule has 1 aliphatic heterocycles. The third-order valence-corrected chi connectivity index (χ3v) is 2.50. The van der Waals surface area contributed by atoms with Gasteiger partial charge in [-0.2, -0.15) is 0 Å². The van der Waals surface area contributed by atoms with Crippen LogP contribution in [0, 0.1) is 0 Å². The van der Waals surface area contributed by atoms with Crippen molar-refractivity contribution in [1.29, 1.82) is 0 Å². The third-order valence-electron chi connectivity index (χ3n) is 2.50. The summed E-state index contributed by atoms with van der Waals surface area (Å²) in [5.74, 6) is 1.49. The molecule has 1 saturated heterocycles. The van der Waals surface area contributed by atoms with Crippen LogP contribution in [0.3, 0.4) is 0 Å². The Hall–Kier alpha value is -1.36. The van der Waals surface area contributed by atoms with E-state index in [1.54, 1.807) is 0 Å². The maximum Gasteiger partial charge on any atom is 0.218 e. The van der Waals surface area contributed by atoms with Crippen molar-refractivity contribution in [3.63, 3.8) is 0 Å². The molecular formula is C11H18N4O. The predicted molar refractivity (Wildman–Crippen MR) is 62.7 cm³/mol. The number of hydrogen-bond donors (Lipinski definition) is 2. The normalized spacial score (nSPS) is 19.7. The van der Waals surface area contributed by atoms with Gasteiger partial charge in [-0.25, -0.2) is 9.97 Å². The molecule has 1 aromatic rings. The molecule has 16 heavy (non-hydrogen) atoms. The first kappa shape index (κ1) is 11.1. The van der Waals surface area contributed by atoms with Crippen LogP contribution in [0.2, 0.25) is 0 Å². The van der Waals surface area contributed by atoms with E-state index in [1.165, 1.54) is 6.33 Å². The van der Waals surface area contributed by atoms with E-state index < -0.39 is 0 Å². The minimum Gasteiger partial charge on any atom is -0.473 e. The van der Waals surface area contributed by atoms with Crippen molar-refractivity contribution in [2.45, 2.75) is 25.9 Å². The van der Waals surface area contributed by atoms with Crippen LogP contribution in [0.15, 0.2) is 12.4 Å². The summed E-state index contributed by atoms with van der Waals surface area (Å²) in [4.78, 5) is 8.24. The summed E-state index contributed by atoms with van der Waals surface area (Å²) < 4.78 is 5.74. The van der Waals surface area contributed by atoms with Crippen LogP contribution in [0.4, 0.5) is 5.82 Å². The molecule has 1 aliphatic rings. The van der Waals surface area contributed by atoms with E-state index in [0.717, 1.165) is 38.3 Å². The minimum absolute atomic E-state index is 0.244. The highest BCUT2D eigenvalue weighted by atomic mass is 16.5. The van der Waals surface area contributed by atoms with Crippen LogP contribution in [-0.2, 0) is 0 Å². The van der Waals surface area contributed by atoms with Crippen LogP contribution in [-0.4, -0.2) is 35.7 Å². The van der Waals surface area contributed by atoms with E-state index in [-0.39, 0.29) is 6.10 Å². The monoisotopic (exact) mass is 222 g/mol. The average Bonchev–Trinajstić information content (AvgIpc) is 2.80. The zero-order chi connectivity index (χ0) is 11.2. The molecule has 5 nitrogen and oxygen atoms in total. The molecule has 0 aromatic carbocycles. The average molecular weight is 222 g/mol. The second kappa shape index (κ2) is 5.65. The lowest BCUT2D eigenvalue weighted by Crippen LogP contribution is -2.20. The molecule has 0 aliphatic carbocycles. The molecule has 88 valence electrons. The lowest BCUT2D eigenvalue weighted by molar-refractivity contribution is 0.214. The Balaban J connectivity index is 1.92. The Kier molecular flexibility index (Phi) is 3.93. The molecule has 0 saturated carbocycles. The maximum atomic E-state index is 5.74. The van der Waals surface area contributed by atoms with Crippen LogP contribution in [0.5, 0.6) is 5.88 Å². The van der Waals surface area contributed by atoms with Gasteiger partial charge in [0.05, 0.1) is 0 Å². The van der Waals surface area contributed by atoms with Gasteiger partial charge in [-0.3, -0.25) is 0 Å². The largest absolute Gasteiger partial charge is 0.473 e. The van der Waals surface area contributed by atoms with Crippen LogP contribution < -0.4 is 15.4 Å². The number of anilines is 1. The Morgan fingerprint density at radius 2 is 2.50 bits per heavy atom. The molecular weight excluding hydrogens is 204 g/mol. The van der Waals surface area contributed by atoms with Gasteiger partial charge < -0.3 is 15.4 Å². The van der Waals surface area contributed by atoms with Crippen LogP contribution in [0.25, 0.3) is 0 Å². The number of ether oxygens (including phenoxy) is 1. The number of rotatable bonds is 5. The van der Waals surface area contributed by atoms with E-state index in [9.17, 15) is 0 Å². The lowest BCUT2D eigenvalue weighted by Gasteiger charge is -2.12. The van der Waals surface area contributed by atoms with Crippen LogP contribution >= 0.6 is 0 Å². The van der Waals surface area contributed by atoms with E-state index in [1.807, 2.05) is 6.07 Å². The van der Waals surface area contributed by atoms with E-state index in [0.29, 0.717) is 5.88 Å². The highest BCUT2D eigenvalue weighted by Crippen LogP contribution is 2.14. The number of hydrogen-bond acceptors (Lipinski definition) is 5. The first-order chi connectivity index (χ1) is 7.88. The lowest BCUT2D eigenvalue weighted by atomic mass is 10.3. The summed E-state index contributed by atoms with van der Waals surface area (Å²) in [6.07, 6.45) is 3.90. The first-order valence-corrected chi connectivity index (χ1v) is 5.82. The third kappa shape index (κ3) is 3.06. The second-order valence-corrected chi connectivity index (χ2v) is 3.90. The van der Waals surface area contributed by atoms with E-state index >= 15 is 0 Å². The molecule has 2 rings (SSSR count).